The van der Waals surface area contributed by atoms with Gasteiger partial charge in [-0.05, 0) is 30.4 Å². The number of hydrogen-bond acceptors (Lipinski definition) is 2. The molecule has 0 aliphatic heterocycles. The van der Waals surface area contributed by atoms with Gasteiger partial charge < -0.3 is 4.74 Å². The van der Waals surface area contributed by atoms with Gasteiger partial charge >= 0.3 is 6.18 Å². The molecule has 0 amide bonds. The fourth-order valence-corrected chi connectivity index (χ4v) is 1.18. The second-order valence-corrected chi connectivity index (χ2v) is 2.95. The van der Waals surface area contributed by atoms with Crippen LogP contribution < -0.4 is 4.74 Å². The van der Waals surface area contributed by atoms with Gasteiger partial charge in [-0.2, -0.15) is 13.2 Å². The fraction of sp³-hybridized carbons (Fsp3) is 0.182. The van der Waals surface area contributed by atoms with Crippen LogP contribution in [0.4, 0.5) is 13.2 Å². The van der Waals surface area contributed by atoms with Crippen LogP contribution in [0.25, 0.3) is 6.08 Å². The highest BCUT2D eigenvalue weighted by atomic mass is 19.4. The zero-order valence-electron chi connectivity index (χ0n) is 8.41. The van der Waals surface area contributed by atoms with Gasteiger partial charge in [0.05, 0.1) is 12.7 Å². The maximum Gasteiger partial charge on any atom is 0.416 e. The maximum atomic E-state index is 12.4. The molecular weight excluding hydrogens is 221 g/mol. The summed E-state index contributed by atoms with van der Waals surface area (Å²) < 4.78 is 42.0. The van der Waals surface area contributed by atoms with Gasteiger partial charge in [-0.1, -0.05) is 0 Å². The van der Waals surface area contributed by atoms with E-state index in [0.717, 1.165) is 18.2 Å². The van der Waals surface area contributed by atoms with Crippen molar-refractivity contribution in [1.82, 2.24) is 0 Å². The van der Waals surface area contributed by atoms with Crippen molar-refractivity contribution in [2.24, 2.45) is 0 Å². The van der Waals surface area contributed by atoms with Crippen molar-refractivity contribution < 1.29 is 22.7 Å². The van der Waals surface area contributed by atoms with Crippen molar-refractivity contribution >= 4 is 12.4 Å². The Balaban J connectivity index is 3.21. The van der Waals surface area contributed by atoms with E-state index in [-0.39, 0.29) is 11.3 Å². The van der Waals surface area contributed by atoms with Crippen molar-refractivity contribution in [3.63, 3.8) is 0 Å². The number of allylic oxidation sites excluding steroid dienone is 1. The van der Waals surface area contributed by atoms with Crippen LogP contribution in [0, 0.1) is 0 Å². The molecular formula is C11H9F3O2. The number of aldehydes is 1. The van der Waals surface area contributed by atoms with Crippen molar-refractivity contribution in [2.75, 3.05) is 7.11 Å². The van der Waals surface area contributed by atoms with Crippen molar-refractivity contribution in [1.29, 1.82) is 0 Å². The summed E-state index contributed by atoms with van der Waals surface area (Å²) in [5.74, 6) is 0.283. The molecule has 0 radical (unpaired) electrons. The summed E-state index contributed by atoms with van der Waals surface area (Å²) in [5.41, 5.74) is -0.566. The third-order valence-electron chi connectivity index (χ3n) is 1.91. The third-order valence-corrected chi connectivity index (χ3v) is 1.91. The van der Waals surface area contributed by atoms with Gasteiger partial charge in [0.2, 0.25) is 0 Å². The SMILES string of the molecule is COc1ccc(C(F)(F)F)cc1C=CC=O. The van der Waals surface area contributed by atoms with Gasteiger partial charge in [0.1, 0.15) is 12.0 Å². The van der Waals surface area contributed by atoms with Crippen LogP contribution in [0.1, 0.15) is 11.1 Å². The van der Waals surface area contributed by atoms with E-state index in [9.17, 15) is 18.0 Å². The molecule has 1 aromatic carbocycles. The average Bonchev–Trinajstić information content (AvgIpc) is 2.24. The molecule has 0 saturated carbocycles. The zero-order valence-corrected chi connectivity index (χ0v) is 8.41. The molecule has 0 N–H and O–H groups in total. The van der Waals surface area contributed by atoms with E-state index in [1.165, 1.54) is 19.3 Å². The second kappa shape index (κ2) is 4.83. The lowest BCUT2D eigenvalue weighted by Crippen LogP contribution is -2.05. The molecule has 16 heavy (non-hydrogen) atoms. The summed E-state index contributed by atoms with van der Waals surface area (Å²) in [4.78, 5) is 10.1. The summed E-state index contributed by atoms with van der Waals surface area (Å²) in [7, 11) is 1.35. The Morgan fingerprint density at radius 1 is 1.31 bits per heavy atom. The summed E-state index contributed by atoms with van der Waals surface area (Å²) in [6.45, 7) is 0. The van der Waals surface area contributed by atoms with E-state index in [4.69, 9.17) is 4.74 Å². The first kappa shape index (κ1) is 12.3. The minimum atomic E-state index is -4.41. The fourth-order valence-electron chi connectivity index (χ4n) is 1.18. The summed E-state index contributed by atoms with van der Waals surface area (Å²) in [5, 5.41) is 0. The zero-order chi connectivity index (χ0) is 12.2. The monoisotopic (exact) mass is 230 g/mol. The van der Waals surface area contributed by atoms with E-state index < -0.39 is 11.7 Å². The van der Waals surface area contributed by atoms with Crippen LogP contribution in [-0.2, 0) is 11.0 Å². The highest BCUT2D eigenvalue weighted by Crippen LogP contribution is 2.32. The summed E-state index contributed by atoms with van der Waals surface area (Å²) >= 11 is 0. The second-order valence-electron chi connectivity index (χ2n) is 2.95. The van der Waals surface area contributed by atoms with Crippen molar-refractivity contribution in [2.45, 2.75) is 6.18 Å². The number of rotatable bonds is 3. The largest absolute Gasteiger partial charge is 0.496 e. The van der Waals surface area contributed by atoms with E-state index in [2.05, 4.69) is 0 Å². The van der Waals surface area contributed by atoms with Crippen LogP contribution in [0.2, 0.25) is 0 Å². The highest BCUT2D eigenvalue weighted by Gasteiger charge is 2.30. The molecule has 0 aliphatic carbocycles. The van der Waals surface area contributed by atoms with Gasteiger partial charge in [-0.25, -0.2) is 0 Å². The molecule has 0 aromatic heterocycles. The van der Waals surface area contributed by atoms with Gasteiger partial charge in [-0.15, -0.1) is 0 Å². The molecule has 0 spiro atoms. The maximum absolute atomic E-state index is 12.4. The van der Waals surface area contributed by atoms with E-state index in [0.29, 0.717) is 6.29 Å². The minimum absolute atomic E-state index is 0.212. The van der Waals surface area contributed by atoms with Crippen LogP contribution in [-0.4, -0.2) is 13.4 Å². The molecule has 0 saturated heterocycles. The predicted molar refractivity (Wildman–Crippen MR) is 53.1 cm³/mol. The van der Waals surface area contributed by atoms with Gasteiger partial charge in [-0.3, -0.25) is 4.79 Å². The Kier molecular flexibility index (Phi) is 3.71. The Hall–Kier alpha value is -1.78. The number of methoxy groups -OCH3 is 1. The predicted octanol–water partition coefficient (Wildman–Crippen LogP) is 2.93. The van der Waals surface area contributed by atoms with Crippen LogP contribution in [0.15, 0.2) is 24.3 Å². The molecule has 0 fully saturated rings. The lowest BCUT2D eigenvalue weighted by molar-refractivity contribution is -0.137. The van der Waals surface area contributed by atoms with E-state index in [1.54, 1.807) is 0 Å². The Morgan fingerprint density at radius 3 is 2.50 bits per heavy atom. The molecule has 2 nitrogen and oxygen atoms in total. The van der Waals surface area contributed by atoms with E-state index >= 15 is 0 Å². The number of hydrogen-bond donors (Lipinski definition) is 0. The molecule has 0 bridgehead atoms. The molecule has 86 valence electrons. The van der Waals surface area contributed by atoms with Crippen LogP contribution >= 0.6 is 0 Å². The molecule has 0 heterocycles. The standard InChI is InChI=1S/C11H9F3O2/c1-16-10-5-4-9(11(12,13)14)7-8(10)3-2-6-15/h2-7H,1H3. The molecule has 0 unspecified atom stereocenters. The number of ether oxygens (including phenoxy) is 1. The smallest absolute Gasteiger partial charge is 0.416 e. The van der Waals surface area contributed by atoms with Crippen LogP contribution in [0.3, 0.4) is 0 Å². The molecule has 0 aliphatic rings. The number of carbonyl (C=O) groups excluding carboxylic acids is 1. The van der Waals surface area contributed by atoms with Crippen molar-refractivity contribution in [3.8, 4) is 5.75 Å². The Labute approximate surface area is 90.3 Å². The molecule has 0 atom stereocenters. The first-order chi connectivity index (χ1) is 7.49. The number of alkyl halides is 3. The van der Waals surface area contributed by atoms with Gasteiger partial charge in [0.15, 0.2) is 0 Å². The van der Waals surface area contributed by atoms with Gasteiger partial charge in [0.25, 0.3) is 0 Å². The molecule has 5 heteroatoms. The first-order valence-electron chi connectivity index (χ1n) is 4.36. The lowest BCUT2D eigenvalue weighted by atomic mass is 10.1. The topological polar surface area (TPSA) is 26.3 Å². The van der Waals surface area contributed by atoms with Crippen LogP contribution in [0.5, 0.6) is 5.75 Å². The number of carbonyl (C=O) groups is 1. The Bertz CT molecular complexity index is 408. The summed E-state index contributed by atoms with van der Waals surface area (Å²) in [6, 6.07) is 3.07. The molecule has 1 aromatic rings. The number of halogens is 3. The highest BCUT2D eigenvalue weighted by molar-refractivity contribution is 5.75. The average molecular weight is 230 g/mol. The lowest BCUT2D eigenvalue weighted by Gasteiger charge is -2.10. The molecule has 1 rings (SSSR count). The quantitative estimate of drug-likeness (QED) is 0.589. The van der Waals surface area contributed by atoms with Gasteiger partial charge in [0, 0.05) is 5.56 Å². The third kappa shape index (κ3) is 2.85. The first-order valence-corrected chi connectivity index (χ1v) is 4.36. The Morgan fingerprint density at radius 2 is 2.00 bits per heavy atom. The summed E-state index contributed by atoms with van der Waals surface area (Å²) in [6.07, 6.45) is -1.55. The van der Waals surface area contributed by atoms with E-state index in [1.807, 2.05) is 0 Å². The number of benzene rings is 1. The normalized spacial score (nSPS) is 11.8. The van der Waals surface area contributed by atoms with Crippen molar-refractivity contribution in [3.05, 3.63) is 35.4 Å². The minimum Gasteiger partial charge on any atom is -0.496 e.